The third-order valence-electron chi connectivity index (χ3n) is 7.64. The van der Waals surface area contributed by atoms with Crippen molar-refractivity contribution in [2.45, 2.75) is 77.6 Å². The van der Waals surface area contributed by atoms with Crippen LogP contribution >= 0.6 is 0 Å². The van der Waals surface area contributed by atoms with Gasteiger partial charge in [0, 0.05) is 44.8 Å². The van der Waals surface area contributed by atoms with Crippen LogP contribution in [0.25, 0.3) is 0 Å². The first-order valence-corrected chi connectivity index (χ1v) is 14.0. The van der Waals surface area contributed by atoms with Crippen LogP contribution in [-0.4, -0.2) is 58.5 Å². The SMILES string of the molecule is CC(C)OC(=O)N1CCC(CCCn2c(=O)cc(N3CCCC(N)C3)n(Cc3cccc(C#N)c3)c2=O)CC1. The number of carbonyl (C=O) groups is 1. The Bertz CT molecular complexity index is 1300. The monoisotopic (exact) mass is 536 g/mol. The van der Waals surface area contributed by atoms with E-state index in [9.17, 15) is 19.6 Å². The van der Waals surface area contributed by atoms with E-state index in [1.165, 1.54) is 4.57 Å². The summed E-state index contributed by atoms with van der Waals surface area (Å²) in [5.74, 6) is 1.02. The van der Waals surface area contributed by atoms with Gasteiger partial charge in [-0.05, 0) is 76.0 Å². The van der Waals surface area contributed by atoms with Crippen molar-refractivity contribution in [2.75, 3.05) is 31.1 Å². The average molecular weight is 537 g/mol. The molecule has 2 aliphatic heterocycles. The fourth-order valence-corrected chi connectivity index (χ4v) is 5.58. The smallest absolute Gasteiger partial charge is 0.410 e. The summed E-state index contributed by atoms with van der Waals surface area (Å²) in [5, 5.41) is 9.32. The number of hydrogen-bond acceptors (Lipinski definition) is 7. The summed E-state index contributed by atoms with van der Waals surface area (Å²) in [6, 6.07) is 10.9. The molecule has 0 bridgehead atoms. The van der Waals surface area contributed by atoms with E-state index in [0.717, 1.165) is 44.2 Å². The number of benzene rings is 1. The zero-order chi connectivity index (χ0) is 27.9. The van der Waals surface area contributed by atoms with E-state index in [1.807, 2.05) is 24.8 Å². The second-order valence-corrected chi connectivity index (χ2v) is 11.0. The lowest BCUT2D eigenvalue weighted by Gasteiger charge is -2.34. The molecule has 2 N–H and O–H groups in total. The van der Waals surface area contributed by atoms with Crippen LogP contribution in [0, 0.1) is 17.2 Å². The molecule has 2 aromatic rings. The summed E-state index contributed by atoms with van der Waals surface area (Å²) >= 11 is 0. The van der Waals surface area contributed by atoms with Crippen molar-refractivity contribution in [1.82, 2.24) is 14.0 Å². The summed E-state index contributed by atoms with van der Waals surface area (Å²) in [5.41, 5.74) is 6.92. The maximum absolute atomic E-state index is 13.7. The quantitative estimate of drug-likeness (QED) is 0.550. The molecule has 10 nitrogen and oxygen atoms in total. The van der Waals surface area contributed by atoms with Crippen LogP contribution in [0.15, 0.2) is 39.9 Å². The number of aromatic nitrogens is 2. The Balaban J connectivity index is 1.48. The number of likely N-dealkylation sites (tertiary alicyclic amines) is 1. The number of rotatable bonds is 8. The molecule has 4 rings (SSSR count). The van der Waals surface area contributed by atoms with Crippen LogP contribution in [0.5, 0.6) is 0 Å². The third-order valence-corrected chi connectivity index (χ3v) is 7.64. The van der Waals surface area contributed by atoms with Gasteiger partial charge in [-0.2, -0.15) is 5.26 Å². The van der Waals surface area contributed by atoms with Crippen LogP contribution in [0.1, 0.15) is 63.5 Å². The molecule has 1 aromatic heterocycles. The van der Waals surface area contributed by atoms with Crippen molar-refractivity contribution in [3.8, 4) is 6.07 Å². The van der Waals surface area contributed by atoms with Crippen molar-refractivity contribution < 1.29 is 9.53 Å². The highest BCUT2D eigenvalue weighted by Gasteiger charge is 2.25. The third kappa shape index (κ3) is 7.30. The maximum Gasteiger partial charge on any atom is 0.410 e. The molecule has 1 amide bonds. The van der Waals surface area contributed by atoms with Gasteiger partial charge >= 0.3 is 11.8 Å². The van der Waals surface area contributed by atoms with Crippen LogP contribution < -0.4 is 21.9 Å². The summed E-state index contributed by atoms with van der Waals surface area (Å²) in [6.07, 6.45) is 4.78. The average Bonchev–Trinajstić information content (AvgIpc) is 2.92. The Hall–Kier alpha value is -3.58. The van der Waals surface area contributed by atoms with Gasteiger partial charge in [0.25, 0.3) is 5.56 Å². The predicted molar refractivity (Wildman–Crippen MR) is 150 cm³/mol. The lowest BCUT2D eigenvalue weighted by molar-refractivity contribution is 0.0645. The highest BCUT2D eigenvalue weighted by Crippen LogP contribution is 2.23. The Morgan fingerprint density at radius 3 is 2.59 bits per heavy atom. The summed E-state index contributed by atoms with van der Waals surface area (Å²) in [6.45, 7) is 6.94. The first-order chi connectivity index (χ1) is 18.7. The topological polar surface area (TPSA) is 127 Å². The number of ether oxygens (including phenoxy) is 1. The van der Waals surface area contributed by atoms with Gasteiger partial charge in [-0.1, -0.05) is 12.1 Å². The van der Waals surface area contributed by atoms with Gasteiger partial charge in [0.2, 0.25) is 0 Å². The molecule has 210 valence electrons. The minimum atomic E-state index is -0.342. The standard InChI is InChI=1S/C29H40N6O4/c1-21(2)39-29(38)32-14-10-22(11-15-32)8-4-13-34-27(36)17-26(33-12-5-9-25(31)20-33)35(28(34)37)19-24-7-3-6-23(16-24)18-30/h3,6-7,16-17,21-22,25H,4-5,8-15,19-20,31H2,1-2H3. The molecule has 1 atom stereocenters. The van der Waals surface area contributed by atoms with Gasteiger partial charge in [-0.25, -0.2) is 9.59 Å². The largest absolute Gasteiger partial charge is 0.447 e. The van der Waals surface area contributed by atoms with Crippen LogP contribution in [0.4, 0.5) is 10.6 Å². The molecule has 0 spiro atoms. The number of hydrogen-bond donors (Lipinski definition) is 1. The molecule has 2 aliphatic rings. The normalized spacial score (nSPS) is 18.3. The number of anilines is 1. The number of nitriles is 1. The molecular weight excluding hydrogens is 496 g/mol. The second kappa shape index (κ2) is 13.0. The van der Waals surface area contributed by atoms with Crippen LogP contribution in [0.2, 0.25) is 0 Å². The van der Waals surface area contributed by atoms with E-state index in [4.69, 9.17) is 10.5 Å². The molecule has 0 radical (unpaired) electrons. The Labute approximate surface area is 229 Å². The van der Waals surface area contributed by atoms with Gasteiger partial charge in [-0.15, -0.1) is 0 Å². The summed E-state index contributed by atoms with van der Waals surface area (Å²) in [7, 11) is 0. The van der Waals surface area contributed by atoms with E-state index in [-0.39, 0.29) is 36.0 Å². The lowest BCUT2D eigenvalue weighted by atomic mass is 9.92. The number of nitrogens with zero attached hydrogens (tertiary/aromatic N) is 5. The molecule has 1 unspecified atom stereocenters. The fourth-order valence-electron chi connectivity index (χ4n) is 5.58. The number of amides is 1. The minimum absolute atomic E-state index is 0.00898. The molecule has 0 aliphatic carbocycles. The highest BCUT2D eigenvalue weighted by atomic mass is 16.6. The number of carbonyl (C=O) groups excluding carboxylic acids is 1. The molecule has 2 saturated heterocycles. The highest BCUT2D eigenvalue weighted by molar-refractivity contribution is 5.67. The second-order valence-electron chi connectivity index (χ2n) is 11.0. The first kappa shape index (κ1) is 28.4. The van der Waals surface area contributed by atoms with Crippen molar-refractivity contribution in [1.29, 1.82) is 5.26 Å². The van der Waals surface area contributed by atoms with Gasteiger partial charge in [-0.3, -0.25) is 13.9 Å². The van der Waals surface area contributed by atoms with Crippen LogP contribution in [0.3, 0.4) is 0 Å². The van der Waals surface area contributed by atoms with E-state index in [2.05, 4.69) is 6.07 Å². The van der Waals surface area contributed by atoms with Crippen molar-refractivity contribution in [3.05, 3.63) is 62.3 Å². The summed E-state index contributed by atoms with van der Waals surface area (Å²) in [4.78, 5) is 42.8. The molecule has 3 heterocycles. The van der Waals surface area contributed by atoms with E-state index >= 15 is 0 Å². The molecule has 2 fully saturated rings. The van der Waals surface area contributed by atoms with E-state index in [0.29, 0.717) is 49.9 Å². The predicted octanol–water partition coefficient (Wildman–Crippen LogP) is 2.89. The Morgan fingerprint density at radius 2 is 1.90 bits per heavy atom. The van der Waals surface area contributed by atoms with E-state index in [1.54, 1.807) is 33.7 Å². The van der Waals surface area contributed by atoms with Gasteiger partial charge in [0.15, 0.2) is 0 Å². The zero-order valence-corrected chi connectivity index (χ0v) is 23.1. The number of piperidine rings is 2. The minimum Gasteiger partial charge on any atom is -0.447 e. The zero-order valence-electron chi connectivity index (χ0n) is 23.1. The molecule has 10 heteroatoms. The van der Waals surface area contributed by atoms with Crippen molar-refractivity contribution in [2.24, 2.45) is 11.7 Å². The van der Waals surface area contributed by atoms with E-state index < -0.39 is 0 Å². The molecular formula is C29H40N6O4. The lowest BCUT2D eigenvalue weighted by Crippen LogP contribution is -2.48. The Kier molecular flexibility index (Phi) is 9.46. The first-order valence-electron chi connectivity index (χ1n) is 14.0. The molecule has 0 saturated carbocycles. The van der Waals surface area contributed by atoms with Crippen molar-refractivity contribution >= 4 is 11.9 Å². The van der Waals surface area contributed by atoms with Gasteiger partial charge < -0.3 is 20.3 Å². The van der Waals surface area contributed by atoms with Crippen LogP contribution in [-0.2, 0) is 17.8 Å². The van der Waals surface area contributed by atoms with Gasteiger partial charge in [0.1, 0.15) is 5.82 Å². The molecule has 1 aromatic carbocycles. The maximum atomic E-state index is 13.7. The Morgan fingerprint density at radius 1 is 1.13 bits per heavy atom. The van der Waals surface area contributed by atoms with Gasteiger partial charge in [0.05, 0.1) is 24.3 Å². The molecule has 39 heavy (non-hydrogen) atoms. The fraction of sp³-hybridized carbons (Fsp3) is 0.586. The van der Waals surface area contributed by atoms with Crippen molar-refractivity contribution in [3.63, 3.8) is 0 Å². The summed E-state index contributed by atoms with van der Waals surface area (Å²) < 4.78 is 8.28. The number of nitrogens with two attached hydrogens (primary N) is 1.